The standard InChI is InChI=1S/C34H29F3N4O3/c1-3-21-6-4-7-26-28(19(2)42)17-41(33(21)26)18-31(43)40-30(14-20-12-23(35)16-24(36)13-20)32-25(8-5-11-39-32)22-9-10-29(37)27(15-22)34(38)44/h4-13,15-17,30H,3,14,18H2,1-2H3,(H2,38,44)(H,40,43)/t30-/m0/s1. The number of aryl methyl sites for hydroxylation is 1. The zero-order chi connectivity index (χ0) is 31.5. The van der Waals surface area contributed by atoms with Crippen LogP contribution in [0.15, 0.2) is 79.1 Å². The van der Waals surface area contributed by atoms with E-state index in [9.17, 15) is 27.6 Å². The van der Waals surface area contributed by atoms with E-state index >= 15 is 0 Å². The van der Waals surface area contributed by atoms with Gasteiger partial charge in [0.05, 0.1) is 22.8 Å². The van der Waals surface area contributed by atoms with Crippen LogP contribution in [0.25, 0.3) is 22.0 Å². The second-order valence-electron chi connectivity index (χ2n) is 10.5. The van der Waals surface area contributed by atoms with Gasteiger partial charge >= 0.3 is 0 Å². The third-order valence-corrected chi connectivity index (χ3v) is 7.46. The molecule has 2 aromatic heterocycles. The third-order valence-electron chi connectivity index (χ3n) is 7.46. The molecule has 0 spiro atoms. The van der Waals surface area contributed by atoms with Gasteiger partial charge in [-0.15, -0.1) is 0 Å². The van der Waals surface area contributed by atoms with Gasteiger partial charge in [-0.3, -0.25) is 19.4 Å². The molecule has 0 aliphatic carbocycles. The summed E-state index contributed by atoms with van der Waals surface area (Å²) in [6, 6.07) is 15.0. The number of benzene rings is 3. The van der Waals surface area contributed by atoms with Crippen molar-refractivity contribution in [2.75, 3.05) is 0 Å². The number of Topliss-reactive ketones (excluding diaryl/α,β-unsaturated/α-hetero) is 1. The molecule has 3 aromatic carbocycles. The van der Waals surface area contributed by atoms with E-state index in [0.29, 0.717) is 28.8 Å². The van der Waals surface area contributed by atoms with Crippen LogP contribution in [0, 0.1) is 17.5 Å². The fourth-order valence-corrected chi connectivity index (χ4v) is 5.52. The number of para-hydroxylation sites is 1. The second kappa shape index (κ2) is 12.5. The topological polar surface area (TPSA) is 107 Å². The smallest absolute Gasteiger partial charge is 0.251 e. The predicted octanol–water partition coefficient (Wildman–Crippen LogP) is 6.08. The monoisotopic (exact) mass is 598 g/mol. The molecule has 2 amide bonds. The Morgan fingerprint density at radius 2 is 1.70 bits per heavy atom. The predicted molar refractivity (Wildman–Crippen MR) is 160 cm³/mol. The Hall–Kier alpha value is -5.25. The number of primary amides is 1. The lowest BCUT2D eigenvalue weighted by molar-refractivity contribution is -0.122. The van der Waals surface area contributed by atoms with Gasteiger partial charge in [-0.1, -0.05) is 37.3 Å². The molecule has 0 saturated carbocycles. The number of aromatic nitrogens is 2. The minimum atomic E-state index is -0.954. The lowest BCUT2D eigenvalue weighted by atomic mass is 9.94. The van der Waals surface area contributed by atoms with Crippen LogP contribution in [0.1, 0.15) is 57.4 Å². The van der Waals surface area contributed by atoms with Gasteiger partial charge in [0.25, 0.3) is 5.91 Å². The summed E-state index contributed by atoms with van der Waals surface area (Å²) < 4.78 is 44.3. The number of halogens is 3. The van der Waals surface area contributed by atoms with Gasteiger partial charge in [-0.05, 0) is 66.8 Å². The largest absolute Gasteiger partial charge is 0.366 e. The molecule has 44 heavy (non-hydrogen) atoms. The highest BCUT2D eigenvalue weighted by molar-refractivity contribution is 6.08. The Kier molecular flexibility index (Phi) is 8.61. The molecular weight excluding hydrogens is 569 g/mol. The van der Waals surface area contributed by atoms with Gasteiger partial charge in [-0.2, -0.15) is 0 Å². The number of nitrogens with one attached hydrogen (secondary N) is 1. The molecule has 5 rings (SSSR count). The molecule has 5 aromatic rings. The number of hydrogen-bond acceptors (Lipinski definition) is 4. The molecule has 0 aliphatic heterocycles. The first-order valence-corrected chi connectivity index (χ1v) is 14.0. The van der Waals surface area contributed by atoms with Crippen molar-refractivity contribution in [1.29, 1.82) is 0 Å². The SMILES string of the molecule is CCc1cccc2c(C(C)=O)cn(CC(=O)N[C@@H](Cc3cc(F)cc(F)c3)c3ncccc3-c3ccc(F)c(C(N)=O)c3)c12. The van der Waals surface area contributed by atoms with Gasteiger partial charge < -0.3 is 15.6 Å². The summed E-state index contributed by atoms with van der Waals surface area (Å²) in [4.78, 5) is 42.4. The Balaban J connectivity index is 1.56. The molecule has 7 nitrogen and oxygen atoms in total. The van der Waals surface area contributed by atoms with E-state index in [2.05, 4.69) is 10.3 Å². The Morgan fingerprint density at radius 1 is 0.955 bits per heavy atom. The van der Waals surface area contributed by atoms with Crippen molar-refractivity contribution in [1.82, 2.24) is 14.9 Å². The van der Waals surface area contributed by atoms with Crippen LogP contribution in [0.5, 0.6) is 0 Å². The number of carbonyl (C=O) groups excluding carboxylic acids is 3. The molecule has 0 bridgehead atoms. The summed E-state index contributed by atoms with van der Waals surface area (Å²) in [7, 11) is 0. The number of rotatable bonds is 10. The van der Waals surface area contributed by atoms with E-state index in [1.807, 2.05) is 25.1 Å². The van der Waals surface area contributed by atoms with Gasteiger partial charge in [-0.25, -0.2) is 13.2 Å². The maximum atomic E-state index is 14.3. The van der Waals surface area contributed by atoms with E-state index in [4.69, 9.17) is 5.73 Å². The van der Waals surface area contributed by atoms with Crippen LogP contribution >= 0.6 is 0 Å². The maximum Gasteiger partial charge on any atom is 0.251 e. The van der Waals surface area contributed by atoms with Crippen LogP contribution in [-0.2, 0) is 24.2 Å². The molecule has 0 saturated heterocycles. The normalized spacial score (nSPS) is 11.8. The molecule has 0 aliphatic rings. The van der Waals surface area contributed by atoms with E-state index in [0.717, 1.165) is 28.6 Å². The average Bonchev–Trinajstić information content (AvgIpc) is 3.35. The van der Waals surface area contributed by atoms with Crippen molar-refractivity contribution in [3.63, 3.8) is 0 Å². The number of nitrogens with two attached hydrogens (primary N) is 1. The first kappa shape index (κ1) is 30.2. The average molecular weight is 599 g/mol. The quantitative estimate of drug-likeness (QED) is 0.190. The van der Waals surface area contributed by atoms with Crippen LogP contribution in [0.2, 0.25) is 0 Å². The maximum absolute atomic E-state index is 14.3. The van der Waals surface area contributed by atoms with Crippen molar-refractivity contribution in [2.24, 2.45) is 5.73 Å². The Morgan fingerprint density at radius 3 is 2.39 bits per heavy atom. The summed E-state index contributed by atoms with van der Waals surface area (Å²) in [5.74, 6) is -3.89. The number of amides is 2. The third kappa shape index (κ3) is 6.24. The summed E-state index contributed by atoms with van der Waals surface area (Å²) in [5, 5.41) is 3.69. The van der Waals surface area contributed by atoms with E-state index in [-0.39, 0.29) is 29.9 Å². The highest BCUT2D eigenvalue weighted by Gasteiger charge is 2.24. The van der Waals surface area contributed by atoms with Crippen LogP contribution in [0.3, 0.4) is 0 Å². The molecule has 2 heterocycles. The number of fused-ring (bicyclic) bond motifs is 1. The number of ketones is 1. The van der Waals surface area contributed by atoms with Crippen LogP contribution in [-0.4, -0.2) is 27.1 Å². The molecule has 224 valence electrons. The first-order chi connectivity index (χ1) is 21.0. The Labute approximate surface area is 251 Å². The Bertz CT molecular complexity index is 1900. The van der Waals surface area contributed by atoms with E-state index < -0.39 is 35.3 Å². The number of nitrogens with zero attached hydrogens (tertiary/aromatic N) is 2. The molecule has 1 atom stereocenters. The fourth-order valence-electron chi connectivity index (χ4n) is 5.52. The minimum Gasteiger partial charge on any atom is -0.366 e. The highest BCUT2D eigenvalue weighted by atomic mass is 19.1. The highest BCUT2D eigenvalue weighted by Crippen LogP contribution is 2.31. The zero-order valence-corrected chi connectivity index (χ0v) is 24.0. The summed E-state index contributed by atoms with van der Waals surface area (Å²) >= 11 is 0. The van der Waals surface area contributed by atoms with E-state index in [1.165, 1.54) is 37.4 Å². The van der Waals surface area contributed by atoms with Gasteiger partial charge in [0, 0.05) is 35.0 Å². The minimum absolute atomic E-state index is 0.0420. The zero-order valence-electron chi connectivity index (χ0n) is 24.0. The molecule has 0 radical (unpaired) electrons. The summed E-state index contributed by atoms with van der Waals surface area (Å²) in [6.45, 7) is 3.29. The number of carbonyl (C=O) groups is 3. The second-order valence-corrected chi connectivity index (χ2v) is 10.5. The summed E-state index contributed by atoms with van der Waals surface area (Å²) in [5.41, 5.74) is 8.71. The lowest BCUT2D eigenvalue weighted by Crippen LogP contribution is -2.33. The lowest BCUT2D eigenvalue weighted by Gasteiger charge is -2.22. The van der Waals surface area contributed by atoms with Gasteiger partial charge in [0.1, 0.15) is 24.0 Å². The van der Waals surface area contributed by atoms with Crippen LogP contribution < -0.4 is 11.1 Å². The van der Waals surface area contributed by atoms with Crippen molar-refractivity contribution in [3.05, 3.63) is 125 Å². The van der Waals surface area contributed by atoms with Crippen LogP contribution in [0.4, 0.5) is 13.2 Å². The molecular formula is C34H29F3N4O3. The fraction of sp³-hybridized carbons (Fsp3) is 0.176. The van der Waals surface area contributed by atoms with Gasteiger partial charge in [0.15, 0.2) is 5.78 Å². The first-order valence-electron chi connectivity index (χ1n) is 14.0. The molecule has 0 unspecified atom stereocenters. The summed E-state index contributed by atoms with van der Waals surface area (Å²) in [6.07, 6.45) is 3.78. The molecule has 0 fully saturated rings. The van der Waals surface area contributed by atoms with Crippen molar-refractivity contribution in [3.8, 4) is 11.1 Å². The van der Waals surface area contributed by atoms with Crippen molar-refractivity contribution in [2.45, 2.75) is 39.3 Å². The van der Waals surface area contributed by atoms with Crippen molar-refractivity contribution < 1.29 is 27.6 Å². The van der Waals surface area contributed by atoms with Gasteiger partial charge in [0.2, 0.25) is 5.91 Å². The van der Waals surface area contributed by atoms with Crippen molar-refractivity contribution >= 4 is 28.5 Å². The van der Waals surface area contributed by atoms with E-state index in [1.54, 1.807) is 22.9 Å². The molecule has 3 N–H and O–H groups in total. The molecule has 10 heteroatoms. The number of pyridine rings is 1. The number of hydrogen-bond donors (Lipinski definition) is 2.